The van der Waals surface area contributed by atoms with Crippen molar-refractivity contribution >= 4 is 23.7 Å². The summed E-state index contributed by atoms with van der Waals surface area (Å²) in [7, 11) is 0. The first kappa shape index (κ1) is 29.8. The lowest BCUT2D eigenvalue weighted by atomic mass is 9.95. The van der Waals surface area contributed by atoms with E-state index in [1.165, 1.54) is 0 Å². The maximum Gasteiger partial charge on any atom is 0.326 e. The second-order valence-electron chi connectivity index (χ2n) is 9.86. The second-order valence-corrected chi connectivity index (χ2v) is 9.86. The number of hydrogen-bond acceptors (Lipinski definition) is 5. The van der Waals surface area contributed by atoms with E-state index in [0.717, 1.165) is 0 Å². The van der Waals surface area contributed by atoms with Crippen molar-refractivity contribution in [1.82, 2.24) is 16.0 Å². The summed E-state index contributed by atoms with van der Waals surface area (Å²) in [5.41, 5.74) is 5.92. The predicted octanol–water partition coefficient (Wildman–Crippen LogP) is 1.65. The third-order valence-electron chi connectivity index (χ3n) is 5.48. The molecule has 0 bridgehead atoms. The van der Waals surface area contributed by atoms with Crippen LogP contribution in [0.25, 0.3) is 0 Å². The highest BCUT2D eigenvalue weighted by atomic mass is 16.4. The van der Waals surface area contributed by atoms with Gasteiger partial charge in [0.05, 0.1) is 6.04 Å². The van der Waals surface area contributed by atoms with Crippen molar-refractivity contribution in [3.05, 3.63) is 0 Å². The van der Waals surface area contributed by atoms with Gasteiger partial charge in [-0.25, -0.2) is 4.79 Å². The first-order valence-corrected chi connectivity index (χ1v) is 11.6. The Kier molecular flexibility index (Phi) is 13.1. The van der Waals surface area contributed by atoms with Crippen LogP contribution in [0.4, 0.5) is 0 Å². The summed E-state index contributed by atoms with van der Waals surface area (Å²) in [4.78, 5) is 50.0. The molecule has 32 heavy (non-hydrogen) atoms. The maximum atomic E-state index is 13.1. The zero-order chi connectivity index (χ0) is 25.2. The molecule has 0 heterocycles. The fraction of sp³-hybridized carbons (Fsp3) is 0.826. The Hall–Kier alpha value is -2.16. The molecule has 0 aliphatic heterocycles. The van der Waals surface area contributed by atoms with Crippen LogP contribution in [-0.2, 0) is 19.2 Å². The van der Waals surface area contributed by atoms with Crippen molar-refractivity contribution in [3.63, 3.8) is 0 Å². The van der Waals surface area contributed by atoms with Crippen LogP contribution in [-0.4, -0.2) is 53.0 Å². The average Bonchev–Trinajstić information content (AvgIpc) is 2.68. The quantitative estimate of drug-likeness (QED) is 0.268. The number of carboxylic acids is 1. The van der Waals surface area contributed by atoms with Gasteiger partial charge in [-0.3, -0.25) is 14.4 Å². The minimum absolute atomic E-state index is 0.0738. The molecule has 0 radical (unpaired) electrons. The van der Waals surface area contributed by atoms with Crippen LogP contribution in [0.2, 0.25) is 0 Å². The molecular weight excluding hydrogens is 412 g/mol. The Balaban J connectivity index is 5.57. The summed E-state index contributed by atoms with van der Waals surface area (Å²) in [5, 5.41) is 17.5. The van der Waals surface area contributed by atoms with Gasteiger partial charge in [-0.15, -0.1) is 0 Å². The lowest BCUT2D eigenvalue weighted by Gasteiger charge is -2.29. The van der Waals surface area contributed by atoms with Gasteiger partial charge in [-0.05, 0) is 36.5 Å². The summed E-state index contributed by atoms with van der Waals surface area (Å²) in [6.45, 7) is 14.9. The van der Waals surface area contributed by atoms with E-state index in [1.807, 2.05) is 55.4 Å². The largest absolute Gasteiger partial charge is 0.480 e. The van der Waals surface area contributed by atoms with Crippen molar-refractivity contribution in [2.24, 2.45) is 29.4 Å². The minimum atomic E-state index is -1.12. The summed E-state index contributed by atoms with van der Waals surface area (Å²) in [6.07, 6.45) is 1.24. The van der Waals surface area contributed by atoms with Gasteiger partial charge in [0.15, 0.2) is 0 Å². The van der Waals surface area contributed by atoms with Crippen molar-refractivity contribution in [2.75, 3.05) is 0 Å². The van der Waals surface area contributed by atoms with Gasteiger partial charge in [-0.2, -0.15) is 0 Å². The van der Waals surface area contributed by atoms with Gasteiger partial charge in [0, 0.05) is 0 Å². The Labute approximate surface area is 192 Å². The normalized spacial score (nSPS) is 16.2. The number of rotatable bonds is 14. The molecule has 6 N–H and O–H groups in total. The summed E-state index contributed by atoms with van der Waals surface area (Å²) < 4.78 is 0. The first-order chi connectivity index (χ1) is 14.7. The molecule has 3 amide bonds. The number of nitrogens with two attached hydrogens (primary N) is 1. The molecule has 0 aliphatic rings. The maximum absolute atomic E-state index is 13.1. The number of aliphatic carboxylic acids is 1. The van der Waals surface area contributed by atoms with E-state index < -0.39 is 47.9 Å². The van der Waals surface area contributed by atoms with Crippen molar-refractivity contribution in [3.8, 4) is 0 Å². The van der Waals surface area contributed by atoms with Crippen LogP contribution in [0.5, 0.6) is 0 Å². The van der Waals surface area contributed by atoms with Crippen LogP contribution in [0.15, 0.2) is 0 Å². The number of carbonyl (C=O) groups excluding carboxylic acids is 3. The number of hydrogen-bond donors (Lipinski definition) is 5. The fourth-order valence-electron chi connectivity index (χ4n) is 3.18. The third kappa shape index (κ3) is 10.4. The molecule has 186 valence electrons. The molecular formula is C23H44N4O5. The number of nitrogens with one attached hydrogen (secondary N) is 3. The van der Waals surface area contributed by atoms with Crippen LogP contribution in [0, 0.1) is 23.7 Å². The number of carboxylic acid groups (broad SMARTS) is 1. The average molecular weight is 457 g/mol. The fourth-order valence-corrected chi connectivity index (χ4v) is 3.18. The molecule has 9 nitrogen and oxygen atoms in total. The van der Waals surface area contributed by atoms with Gasteiger partial charge in [0.2, 0.25) is 17.7 Å². The van der Waals surface area contributed by atoms with Crippen LogP contribution >= 0.6 is 0 Å². The van der Waals surface area contributed by atoms with E-state index in [1.54, 1.807) is 0 Å². The predicted molar refractivity (Wildman–Crippen MR) is 125 cm³/mol. The molecule has 0 aromatic heterocycles. The summed E-state index contributed by atoms with van der Waals surface area (Å²) in [6, 6.07) is -3.57. The standard InChI is InChI=1S/C23H44N4O5/c1-9-15(8)19(27-21(29)18(24)14(6)7)22(30)25-16(10-12(2)3)20(28)26-17(23(31)32)11-13(4)5/h12-19H,9-11,24H2,1-8H3,(H,25,30)(H,26,28)(H,27,29)(H,31,32). The molecule has 0 aromatic rings. The summed E-state index contributed by atoms with van der Waals surface area (Å²) in [5.74, 6) is -2.70. The van der Waals surface area contributed by atoms with Crippen LogP contribution in [0.3, 0.4) is 0 Å². The SMILES string of the molecule is CCC(C)C(NC(=O)C(N)C(C)C)C(=O)NC(CC(C)C)C(=O)NC(CC(C)C)C(=O)O. The molecule has 0 fully saturated rings. The van der Waals surface area contributed by atoms with Gasteiger partial charge in [0.1, 0.15) is 18.1 Å². The van der Waals surface area contributed by atoms with Crippen molar-refractivity contribution in [2.45, 2.75) is 98.8 Å². The third-order valence-corrected chi connectivity index (χ3v) is 5.48. The molecule has 0 saturated carbocycles. The molecule has 0 rings (SSSR count). The van der Waals surface area contributed by atoms with Crippen molar-refractivity contribution < 1.29 is 24.3 Å². The summed E-state index contributed by atoms with van der Waals surface area (Å²) >= 11 is 0. The monoisotopic (exact) mass is 456 g/mol. The lowest BCUT2D eigenvalue weighted by Crippen LogP contribution is -2.59. The Morgan fingerprint density at radius 1 is 0.750 bits per heavy atom. The first-order valence-electron chi connectivity index (χ1n) is 11.6. The lowest BCUT2D eigenvalue weighted by molar-refractivity contribution is -0.143. The molecule has 5 atom stereocenters. The van der Waals surface area contributed by atoms with Crippen LogP contribution < -0.4 is 21.7 Å². The van der Waals surface area contributed by atoms with E-state index >= 15 is 0 Å². The van der Waals surface area contributed by atoms with Gasteiger partial charge in [0.25, 0.3) is 0 Å². The zero-order valence-corrected chi connectivity index (χ0v) is 20.9. The smallest absolute Gasteiger partial charge is 0.326 e. The van der Waals surface area contributed by atoms with E-state index in [9.17, 15) is 24.3 Å². The molecule has 5 unspecified atom stereocenters. The highest BCUT2D eigenvalue weighted by Gasteiger charge is 2.33. The van der Waals surface area contributed by atoms with E-state index in [-0.39, 0.29) is 30.1 Å². The van der Waals surface area contributed by atoms with Gasteiger partial charge >= 0.3 is 5.97 Å². The highest BCUT2D eigenvalue weighted by molar-refractivity contribution is 5.94. The zero-order valence-electron chi connectivity index (χ0n) is 20.9. The van der Waals surface area contributed by atoms with Gasteiger partial charge < -0.3 is 26.8 Å². The number of carbonyl (C=O) groups is 4. The Bertz CT molecular complexity index is 636. The molecule has 9 heteroatoms. The van der Waals surface area contributed by atoms with Crippen molar-refractivity contribution in [1.29, 1.82) is 0 Å². The molecule has 0 spiro atoms. The minimum Gasteiger partial charge on any atom is -0.480 e. The van der Waals surface area contributed by atoms with E-state index in [2.05, 4.69) is 16.0 Å². The van der Waals surface area contributed by atoms with Gasteiger partial charge in [-0.1, -0.05) is 61.8 Å². The number of amides is 3. The second kappa shape index (κ2) is 14.1. The molecule has 0 aromatic carbocycles. The van der Waals surface area contributed by atoms with E-state index in [4.69, 9.17) is 5.73 Å². The van der Waals surface area contributed by atoms with Crippen LogP contribution in [0.1, 0.15) is 74.7 Å². The Morgan fingerprint density at radius 3 is 1.62 bits per heavy atom. The molecule has 0 aliphatic carbocycles. The van der Waals surface area contributed by atoms with E-state index in [0.29, 0.717) is 12.8 Å². The topological polar surface area (TPSA) is 151 Å². The Morgan fingerprint density at radius 2 is 1.22 bits per heavy atom. The molecule has 0 saturated heterocycles. The highest BCUT2D eigenvalue weighted by Crippen LogP contribution is 2.13.